The molecule has 0 aromatic heterocycles. The summed E-state index contributed by atoms with van der Waals surface area (Å²) in [6.45, 7) is 0. The lowest BCUT2D eigenvalue weighted by Gasteiger charge is -2.27. The van der Waals surface area contributed by atoms with E-state index in [0.29, 0.717) is 21.8 Å². The summed E-state index contributed by atoms with van der Waals surface area (Å²) in [6.07, 6.45) is 7.26. The second-order valence-electron chi connectivity index (χ2n) is 5.27. The van der Waals surface area contributed by atoms with Gasteiger partial charge in [0.2, 0.25) is 0 Å². The van der Waals surface area contributed by atoms with E-state index in [1.165, 1.54) is 25.7 Å². The zero-order valence-corrected chi connectivity index (χ0v) is 12.9. The van der Waals surface area contributed by atoms with Gasteiger partial charge >= 0.3 is 0 Å². The van der Waals surface area contributed by atoms with Gasteiger partial charge in [-0.1, -0.05) is 31.7 Å². The van der Waals surface area contributed by atoms with Crippen LogP contribution in [-0.2, 0) is 0 Å². The van der Waals surface area contributed by atoms with Crippen LogP contribution in [0.4, 0.5) is 5.69 Å². The molecule has 1 aromatic carbocycles. The molecule has 0 heterocycles. The lowest BCUT2D eigenvalue weighted by Crippen LogP contribution is -2.37. The third kappa shape index (κ3) is 3.30. The van der Waals surface area contributed by atoms with Crippen LogP contribution < -0.4 is 5.73 Å². The van der Waals surface area contributed by atoms with Crippen molar-refractivity contribution in [3.63, 3.8) is 0 Å². The molecule has 1 aromatic rings. The van der Waals surface area contributed by atoms with Crippen LogP contribution >= 0.6 is 15.9 Å². The van der Waals surface area contributed by atoms with E-state index in [-0.39, 0.29) is 5.91 Å². The number of amides is 1. The first-order valence-corrected chi connectivity index (χ1v) is 7.71. The molecule has 4 heteroatoms. The summed E-state index contributed by atoms with van der Waals surface area (Å²) in [4.78, 5) is 14.5. The Labute approximate surface area is 123 Å². The fraction of sp³-hybridized carbons (Fsp3) is 0.533. The molecule has 2 N–H and O–H groups in total. The molecule has 0 unspecified atom stereocenters. The summed E-state index contributed by atoms with van der Waals surface area (Å²) in [7, 11) is 1.91. The lowest BCUT2D eigenvalue weighted by atomic mass is 10.1. The van der Waals surface area contributed by atoms with E-state index in [4.69, 9.17) is 5.73 Å². The molecule has 1 aliphatic carbocycles. The topological polar surface area (TPSA) is 46.3 Å². The van der Waals surface area contributed by atoms with Gasteiger partial charge in [0.1, 0.15) is 0 Å². The first kappa shape index (κ1) is 14.4. The number of halogens is 1. The van der Waals surface area contributed by atoms with Crippen molar-refractivity contribution in [1.82, 2.24) is 4.90 Å². The molecule has 1 aliphatic rings. The molecule has 0 aliphatic heterocycles. The smallest absolute Gasteiger partial charge is 0.255 e. The Hall–Kier alpha value is -1.03. The van der Waals surface area contributed by atoms with Crippen LogP contribution in [-0.4, -0.2) is 23.9 Å². The summed E-state index contributed by atoms with van der Waals surface area (Å²) in [5, 5.41) is 0. The number of nitrogens with zero attached hydrogens (tertiary/aromatic N) is 1. The van der Waals surface area contributed by atoms with E-state index in [0.717, 1.165) is 12.8 Å². The first-order valence-electron chi connectivity index (χ1n) is 6.92. The molecule has 3 nitrogen and oxygen atoms in total. The highest BCUT2D eigenvalue weighted by atomic mass is 79.9. The molecule has 2 rings (SSSR count). The molecule has 1 amide bonds. The zero-order valence-electron chi connectivity index (χ0n) is 11.4. The van der Waals surface area contributed by atoms with Gasteiger partial charge < -0.3 is 10.6 Å². The fourth-order valence-corrected chi connectivity index (χ4v) is 3.15. The van der Waals surface area contributed by atoms with Gasteiger partial charge in [-0.05, 0) is 40.9 Å². The Bertz CT molecular complexity index is 453. The van der Waals surface area contributed by atoms with Crippen molar-refractivity contribution in [3.05, 3.63) is 28.2 Å². The number of hydrogen-bond donors (Lipinski definition) is 1. The Morgan fingerprint density at radius 3 is 2.53 bits per heavy atom. The third-order valence-electron chi connectivity index (χ3n) is 3.95. The van der Waals surface area contributed by atoms with Gasteiger partial charge in [-0.2, -0.15) is 0 Å². The average molecular weight is 325 g/mol. The summed E-state index contributed by atoms with van der Waals surface area (Å²) >= 11 is 3.42. The van der Waals surface area contributed by atoms with Crippen molar-refractivity contribution in [1.29, 1.82) is 0 Å². The largest absolute Gasteiger partial charge is 0.398 e. The predicted octanol–water partition coefficient (Wildman–Crippen LogP) is 3.83. The molecule has 0 radical (unpaired) electrons. The Balaban J connectivity index is 2.15. The number of carbonyl (C=O) groups is 1. The van der Waals surface area contributed by atoms with E-state index in [1.54, 1.807) is 6.07 Å². The molecule has 1 saturated carbocycles. The van der Waals surface area contributed by atoms with Crippen LogP contribution in [0.15, 0.2) is 22.7 Å². The number of hydrogen-bond acceptors (Lipinski definition) is 2. The Morgan fingerprint density at radius 2 is 1.89 bits per heavy atom. The monoisotopic (exact) mass is 324 g/mol. The summed E-state index contributed by atoms with van der Waals surface area (Å²) in [5.41, 5.74) is 7.11. The van der Waals surface area contributed by atoms with Gasteiger partial charge in [0.15, 0.2) is 0 Å². The van der Waals surface area contributed by atoms with Crippen molar-refractivity contribution in [2.24, 2.45) is 0 Å². The van der Waals surface area contributed by atoms with Crippen molar-refractivity contribution in [2.75, 3.05) is 12.8 Å². The molecule has 0 spiro atoms. The number of nitrogens with two attached hydrogens (primary N) is 1. The number of carbonyl (C=O) groups excluding carboxylic acids is 1. The van der Waals surface area contributed by atoms with Crippen molar-refractivity contribution < 1.29 is 4.79 Å². The highest BCUT2D eigenvalue weighted by Gasteiger charge is 2.23. The summed E-state index contributed by atoms with van der Waals surface area (Å²) in [5.74, 6) is 0.0612. The molecular weight excluding hydrogens is 304 g/mol. The molecule has 1 fully saturated rings. The number of anilines is 1. The zero-order chi connectivity index (χ0) is 13.8. The maximum atomic E-state index is 12.6. The van der Waals surface area contributed by atoms with Crippen molar-refractivity contribution in [2.45, 2.75) is 44.6 Å². The van der Waals surface area contributed by atoms with Crippen LogP contribution in [0, 0.1) is 0 Å². The first-order chi connectivity index (χ1) is 9.11. The van der Waals surface area contributed by atoms with Gasteiger partial charge in [0.05, 0.1) is 10.0 Å². The second-order valence-corrected chi connectivity index (χ2v) is 6.06. The molecule has 104 valence electrons. The van der Waals surface area contributed by atoms with Crippen LogP contribution in [0.25, 0.3) is 0 Å². The fourth-order valence-electron chi connectivity index (χ4n) is 2.72. The normalized spacial score (nSPS) is 16.9. The van der Waals surface area contributed by atoms with E-state index in [9.17, 15) is 4.79 Å². The molecule has 0 atom stereocenters. The highest BCUT2D eigenvalue weighted by Crippen LogP contribution is 2.27. The quantitative estimate of drug-likeness (QED) is 0.663. The minimum Gasteiger partial charge on any atom is -0.398 e. The van der Waals surface area contributed by atoms with E-state index >= 15 is 0 Å². The van der Waals surface area contributed by atoms with Crippen LogP contribution in [0.1, 0.15) is 48.9 Å². The maximum absolute atomic E-state index is 12.6. The maximum Gasteiger partial charge on any atom is 0.255 e. The van der Waals surface area contributed by atoms with Gasteiger partial charge in [0, 0.05) is 18.8 Å². The van der Waals surface area contributed by atoms with Gasteiger partial charge in [-0.15, -0.1) is 0 Å². The van der Waals surface area contributed by atoms with Gasteiger partial charge in [-0.25, -0.2) is 0 Å². The molecular formula is C15H21BrN2O. The molecule has 0 bridgehead atoms. The van der Waals surface area contributed by atoms with Gasteiger partial charge in [-0.3, -0.25) is 4.79 Å². The van der Waals surface area contributed by atoms with Crippen LogP contribution in [0.3, 0.4) is 0 Å². The minimum atomic E-state index is 0.0612. The summed E-state index contributed by atoms with van der Waals surface area (Å²) in [6, 6.07) is 5.82. The number of benzene rings is 1. The predicted molar refractivity (Wildman–Crippen MR) is 82.1 cm³/mol. The summed E-state index contributed by atoms with van der Waals surface area (Å²) < 4.78 is 0.709. The minimum absolute atomic E-state index is 0.0612. The highest BCUT2D eigenvalue weighted by molar-refractivity contribution is 9.10. The standard InChI is InChI=1S/C15H21BrN2O/c1-18(11-7-4-2-3-5-8-11)15(19)12-9-6-10-13(17)14(12)16/h6,9-11H,2-5,7-8,17H2,1H3. The Kier molecular flexibility index (Phi) is 4.86. The lowest BCUT2D eigenvalue weighted by molar-refractivity contribution is 0.0717. The second kappa shape index (κ2) is 6.42. The van der Waals surface area contributed by atoms with Crippen LogP contribution in [0.5, 0.6) is 0 Å². The third-order valence-corrected chi connectivity index (χ3v) is 4.84. The molecule has 19 heavy (non-hydrogen) atoms. The Morgan fingerprint density at radius 1 is 1.26 bits per heavy atom. The average Bonchev–Trinajstić information content (AvgIpc) is 2.69. The van der Waals surface area contributed by atoms with E-state index < -0.39 is 0 Å². The number of nitrogen functional groups attached to an aromatic ring is 1. The van der Waals surface area contributed by atoms with Crippen molar-refractivity contribution >= 4 is 27.5 Å². The van der Waals surface area contributed by atoms with E-state index in [2.05, 4.69) is 15.9 Å². The van der Waals surface area contributed by atoms with Crippen LogP contribution in [0.2, 0.25) is 0 Å². The SMILES string of the molecule is CN(C(=O)c1cccc(N)c1Br)C1CCCCCC1. The van der Waals surface area contributed by atoms with Crippen molar-refractivity contribution in [3.8, 4) is 0 Å². The number of rotatable bonds is 2. The van der Waals surface area contributed by atoms with Gasteiger partial charge in [0.25, 0.3) is 5.91 Å². The molecule has 0 saturated heterocycles. The van der Waals surface area contributed by atoms with E-state index in [1.807, 2.05) is 24.1 Å².